The molecule has 1 atom stereocenters. The molecule has 2 aromatic carbocycles. The van der Waals surface area contributed by atoms with Gasteiger partial charge in [-0.05, 0) is 31.5 Å². The van der Waals surface area contributed by atoms with Gasteiger partial charge in [-0.3, -0.25) is 9.59 Å². The molecule has 144 valence electrons. The molecule has 2 N–H and O–H groups in total. The van der Waals surface area contributed by atoms with E-state index < -0.39 is 11.9 Å². The normalized spacial score (nSPS) is 11.8. The number of carbonyl (C=O) groups is 2. The van der Waals surface area contributed by atoms with Crippen molar-refractivity contribution in [2.75, 3.05) is 6.54 Å². The first kappa shape index (κ1) is 19.4. The summed E-state index contributed by atoms with van der Waals surface area (Å²) >= 11 is 0. The van der Waals surface area contributed by atoms with Gasteiger partial charge >= 0.3 is 5.97 Å². The highest BCUT2D eigenvalue weighted by molar-refractivity contribution is 5.81. The van der Waals surface area contributed by atoms with Crippen LogP contribution in [0.2, 0.25) is 0 Å². The van der Waals surface area contributed by atoms with Crippen LogP contribution in [0.5, 0.6) is 0 Å². The van der Waals surface area contributed by atoms with E-state index in [4.69, 9.17) is 0 Å². The molecule has 0 spiro atoms. The molecule has 0 saturated carbocycles. The highest BCUT2D eigenvalue weighted by Crippen LogP contribution is 2.19. The summed E-state index contributed by atoms with van der Waals surface area (Å²) in [6.45, 7) is 3.85. The highest BCUT2D eigenvalue weighted by atomic mass is 16.4. The quantitative estimate of drug-likeness (QED) is 0.663. The molecule has 3 rings (SSSR count). The van der Waals surface area contributed by atoms with Crippen LogP contribution in [-0.4, -0.2) is 33.3 Å². The van der Waals surface area contributed by atoms with Crippen LogP contribution < -0.4 is 5.32 Å². The Bertz CT molecular complexity index is 965. The number of para-hydroxylation sites is 1. The Morgan fingerprint density at radius 3 is 2.25 bits per heavy atom. The summed E-state index contributed by atoms with van der Waals surface area (Å²) in [6.07, 6.45) is 0.158. The Hall–Kier alpha value is -3.41. The molecule has 6 nitrogen and oxygen atoms in total. The minimum atomic E-state index is -0.962. The number of benzene rings is 2. The Morgan fingerprint density at radius 1 is 1.04 bits per heavy atom. The van der Waals surface area contributed by atoms with Crippen molar-refractivity contribution in [1.29, 1.82) is 0 Å². The zero-order valence-corrected chi connectivity index (χ0v) is 15.9. The third-order valence-corrected chi connectivity index (χ3v) is 4.78. The number of nitrogens with one attached hydrogen (secondary N) is 1. The van der Waals surface area contributed by atoms with Gasteiger partial charge in [-0.25, -0.2) is 4.68 Å². The number of hydrogen-bond acceptors (Lipinski definition) is 3. The smallest absolute Gasteiger partial charge is 0.312 e. The zero-order chi connectivity index (χ0) is 20.1. The number of aryl methyl sites for hydroxylation is 1. The average Bonchev–Trinajstić information content (AvgIpc) is 2.97. The summed E-state index contributed by atoms with van der Waals surface area (Å²) in [6, 6.07) is 18.6. The summed E-state index contributed by atoms with van der Waals surface area (Å²) < 4.78 is 1.82. The number of nitrogens with zero attached hydrogens (tertiary/aromatic N) is 2. The van der Waals surface area contributed by atoms with Crippen LogP contribution in [-0.2, 0) is 16.0 Å². The summed E-state index contributed by atoms with van der Waals surface area (Å²) in [7, 11) is 0. The van der Waals surface area contributed by atoms with Gasteiger partial charge in [0.15, 0.2) is 0 Å². The van der Waals surface area contributed by atoms with Gasteiger partial charge in [0.1, 0.15) is 0 Å². The van der Waals surface area contributed by atoms with Crippen LogP contribution in [0.25, 0.3) is 5.69 Å². The van der Waals surface area contributed by atoms with Crippen molar-refractivity contribution < 1.29 is 14.7 Å². The third-order valence-electron chi connectivity index (χ3n) is 4.78. The Balaban J connectivity index is 1.70. The second kappa shape index (κ2) is 8.52. The van der Waals surface area contributed by atoms with Crippen LogP contribution in [0.4, 0.5) is 0 Å². The van der Waals surface area contributed by atoms with E-state index in [0.29, 0.717) is 5.56 Å². The lowest BCUT2D eigenvalue weighted by Crippen LogP contribution is -2.32. The lowest BCUT2D eigenvalue weighted by Gasteiger charge is -2.14. The van der Waals surface area contributed by atoms with E-state index in [1.807, 2.05) is 54.9 Å². The number of rotatable bonds is 7. The van der Waals surface area contributed by atoms with Gasteiger partial charge in [-0.1, -0.05) is 48.5 Å². The molecular weight excluding hydrogens is 354 g/mol. The Labute approximate surface area is 163 Å². The first-order valence-electron chi connectivity index (χ1n) is 9.12. The molecule has 0 fully saturated rings. The highest BCUT2D eigenvalue weighted by Gasteiger charge is 2.21. The minimum absolute atomic E-state index is 0.0447. The van der Waals surface area contributed by atoms with E-state index in [1.54, 1.807) is 24.3 Å². The molecule has 1 heterocycles. The maximum Gasteiger partial charge on any atom is 0.312 e. The molecule has 6 heteroatoms. The molecule has 1 unspecified atom stereocenters. The maximum absolute atomic E-state index is 12.5. The largest absolute Gasteiger partial charge is 0.481 e. The monoisotopic (exact) mass is 377 g/mol. The molecular formula is C22H23N3O3. The van der Waals surface area contributed by atoms with Crippen LogP contribution in [0.3, 0.4) is 0 Å². The standard InChI is InChI=1S/C22H23N3O3/c1-15-19(16(2)25(24-15)18-11-7-4-8-12-18)13-21(26)23-14-20(22(27)28)17-9-5-3-6-10-17/h3-12,20H,13-14H2,1-2H3,(H,23,26)(H,27,28). The molecule has 1 amide bonds. The molecule has 3 aromatic rings. The summed E-state index contributed by atoms with van der Waals surface area (Å²) in [5, 5.41) is 16.8. The van der Waals surface area contributed by atoms with Gasteiger partial charge in [0.2, 0.25) is 5.91 Å². The predicted molar refractivity (Wildman–Crippen MR) is 107 cm³/mol. The van der Waals surface area contributed by atoms with Crippen molar-refractivity contribution >= 4 is 11.9 Å². The fourth-order valence-electron chi connectivity index (χ4n) is 3.22. The fraction of sp³-hybridized carbons (Fsp3) is 0.227. The zero-order valence-electron chi connectivity index (χ0n) is 15.9. The average molecular weight is 377 g/mol. The van der Waals surface area contributed by atoms with Crippen molar-refractivity contribution in [2.24, 2.45) is 0 Å². The van der Waals surface area contributed by atoms with Gasteiger partial charge in [0, 0.05) is 17.8 Å². The van der Waals surface area contributed by atoms with Gasteiger partial charge in [0.25, 0.3) is 0 Å². The first-order chi connectivity index (χ1) is 13.5. The van der Waals surface area contributed by atoms with Gasteiger partial charge in [-0.2, -0.15) is 5.10 Å². The van der Waals surface area contributed by atoms with E-state index in [0.717, 1.165) is 22.6 Å². The molecule has 0 aliphatic heterocycles. The van der Waals surface area contributed by atoms with Gasteiger partial charge in [-0.15, -0.1) is 0 Å². The summed E-state index contributed by atoms with van der Waals surface area (Å²) in [4.78, 5) is 24.1. The number of aromatic nitrogens is 2. The molecule has 0 radical (unpaired) electrons. The van der Waals surface area contributed by atoms with E-state index in [2.05, 4.69) is 10.4 Å². The van der Waals surface area contributed by atoms with Crippen molar-refractivity contribution in [1.82, 2.24) is 15.1 Å². The van der Waals surface area contributed by atoms with Crippen molar-refractivity contribution in [2.45, 2.75) is 26.2 Å². The van der Waals surface area contributed by atoms with Crippen LogP contribution in [0.15, 0.2) is 60.7 Å². The summed E-state index contributed by atoms with van der Waals surface area (Å²) in [5.74, 6) is -1.96. The van der Waals surface area contributed by atoms with Crippen molar-refractivity contribution in [3.63, 3.8) is 0 Å². The van der Waals surface area contributed by atoms with Crippen molar-refractivity contribution in [3.8, 4) is 5.69 Å². The van der Waals surface area contributed by atoms with E-state index in [-0.39, 0.29) is 18.9 Å². The molecule has 0 saturated heterocycles. The number of amides is 1. The second-order valence-corrected chi connectivity index (χ2v) is 6.68. The number of carboxylic acids is 1. The predicted octanol–water partition coefficient (Wildman–Crippen LogP) is 3.02. The third kappa shape index (κ3) is 4.28. The molecule has 0 bridgehead atoms. The summed E-state index contributed by atoms with van der Waals surface area (Å²) in [5.41, 5.74) is 4.14. The van der Waals surface area contributed by atoms with Crippen LogP contribution in [0.1, 0.15) is 28.4 Å². The maximum atomic E-state index is 12.5. The van der Waals surface area contributed by atoms with Gasteiger partial charge < -0.3 is 10.4 Å². The minimum Gasteiger partial charge on any atom is -0.481 e. The Morgan fingerprint density at radius 2 is 1.64 bits per heavy atom. The Kier molecular flexibility index (Phi) is 5.89. The van der Waals surface area contributed by atoms with E-state index in [1.165, 1.54) is 0 Å². The molecule has 1 aromatic heterocycles. The lowest BCUT2D eigenvalue weighted by atomic mass is 9.99. The molecule has 0 aliphatic carbocycles. The first-order valence-corrected chi connectivity index (χ1v) is 9.12. The topological polar surface area (TPSA) is 84.2 Å². The second-order valence-electron chi connectivity index (χ2n) is 6.68. The lowest BCUT2D eigenvalue weighted by molar-refractivity contribution is -0.138. The van der Waals surface area contributed by atoms with Gasteiger partial charge in [0.05, 0.1) is 23.7 Å². The molecule has 0 aliphatic rings. The van der Waals surface area contributed by atoms with Crippen LogP contribution in [0, 0.1) is 13.8 Å². The van der Waals surface area contributed by atoms with E-state index >= 15 is 0 Å². The van der Waals surface area contributed by atoms with E-state index in [9.17, 15) is 14.7 Å². The van der Waals surface area contributed by atoms with Crippen LogP contribution >= 0.6 is 0 Å². The van der Waals surface area contributed by atoms with Crippen molar-refractivity contribution in [3.05, 3.63) is 83.2 Å². The number of carbonyl (C=O) groups excluding carboxylic acids is 1. The number of hydrogen-bond donors (Lipinski definition) is 2. The number of carboxylic acid groups (broad SMARTS) is 1. The fourth-order valence-corrected chi connectivity index (χ4v) is 3.22. The number of aliphatic carboxylic acids is 1. The molecule has 28 heavy (non-hydrogen) atoms. The SMILES string of the molecule is Cc1nn(-c2ccccc2)c(C)c1CC(=O)NCC(C(=O)O)c1ccccc1.